The second-order valence-corrected chi connectivity index (χ2v) is 8.06. The maximum Gasteiger partial charge on any atom is 0.231 e. The Bertz CT molecular complexity index is 819. The van der Waals surface area contributed by atoms with Crippen molar-refractivity contribution in [1.29, 1.82) is 0 Å². The molecule has 0 saturated heterocycles. The van der Waals surface area contributed by atoms with E-state index in [0.29, 0.717) is 18.6 Å². The van der Waals surface area contributed by atoms with Crippen molar-refractivity contribution in [2.75, 3.05) is 34.5 Å². The summed E-state index contributed by atoms with van der Waals surface area (Å²) < 4.78 is 17.9. The van der Waals surface area contributed by atoms with Crippen LogP contribution in [0.3, 0.4) is 0 Å². The lowest BCUT2D eigenvalue weighted by atomic mass is 9.85. The fraction of sp³-hybridized carbons (Fsp3) is 0.455. The number of nitrogens with zero attached hydrogens (tertiary/aromatic N) is 1. The largest absolute Gasteiger partial charge is 0.492 e. The van der Waals surface area contributed by atoms with Crippen LogP contribution < -0.4 is 14.2 Å². The van der Waals surface area contributed by atoms with Gasteiger partial charge in [-0.2, -0.15) is 0 Å². The fourth-order valence-electron chi connectivity index (χ4n) is 4.40. The van der Waals surface area contributed by atoms with Crippen molar-refractivity contribution >= 4 is 0 Å². The monoisotopic (exact) mass is 370 g/mol. The van der Waals surface area contributed by atoms with Gasteiger partial charge in [0.2, 0.25) is 12.5 Å². The molecule has 2 aliphatic heterocycles. The second kappa shape index (κ2) is 7.06. The van der Waals surface area contributed by atoms with E-state index < -0.39 is 6.10 Å². The Morgan fingerprint density at radius 1 is 1.22 bits per heavy atom. The third-order valence-electron chi connectivity index (χ3n) is 5.89. The summed E-state index contributed by atoms with van der Waals surface area (Å²) in [4.78, 5) is 0. The van der Waals surface area contributed by atoms with Crippen LogP contribution in [0.1, 0.15) is 29.2 Å². The van der Waals surface area contributed by atoms with E-state index in [9.17, 15) is 5.11 Å². The van der Waals surface area contributed by atoms with Gasteiger partial charge in [0.1, 0.15) is 6.04 Å². The molecule has 144 valence electrons. The molecule has 27 heavy (non-hydrogen) atoms. The molecule has 0 fully saturated rings. The molecule has 0 aromatic heterocycles. The lowest BCUT2D eigenvalue weighted by Crippen LogP contribution is -2.49. The van der Waals surface area contributed by atoms with Crippen LogP contribution in [0.5, 0.6) is 17.2 Å². The molecule has 1 N–H and O–H groups in total. The average molecular weight is 370 g/mol. The standard InChI is InChI=1S/C22H28NO4/c1-23(2)10-9-16-12-19-21(27-14-26-19)22(25-3)20(16)18(23)13-17(24)11-15-7-5-4-6-8-15/h4-8,12,17-18,24H,9-11,13-14H2,1-3H3/q+1/t17-,18-/m1/s1. The summed E-state index contributed by atoms with van der Waals surface area (Å²) >= 11 is 0. The van der Waals surface area contributed by atoms with Gasteiger partial charge in [-0.15, -0.1) is 0 Å². The van der Waals surface area contributed by atoms with Gasteiger partial charge < -0.3 is 23.8 Å². The van der Waals surface area contributed by atoms with Crippen molar-refractivity contribution in [2.24, 2.45) is 0 Å². The molecule has 0 aliphatic carbocycles. The van der Waals surface area contributed by atoms with Crippen LogP contribution in [-0.4, -0.2) is 50.2 Å². The van der Waals surface area contributed by atoms with E-state index in [0.717, 1.165) is 40.1 Å². The number of ether oxygens (including phenoxy) is 3. The molecule has 2 aliphatic rings. The molecule has 2 heterocycles. The van der Waals surface area contributed by atoms with E-state index >= 15 is 0 Å². The highest BCUT2D eigenvalue weighted by Gasteiger charge is 2.42. The normalized spacial score (nSPS) is 20.8. The highest BCUT2D eigenvalue weighted by molar-refractivity contribution is 5.61. The minimum atomic E-state index is -0.420. The van der Waals surface area contributed by atoms with Gasteiger partial charge in [-0.05, 0) is 23.6 Å². The number of quaternary nitrogens is 1. The summed E-state index contributed by atoms with van der Waals surface area (Å²) in [5.74, 6) is 2.23. The van der Waals surface area contributed by atoms with Gasteiger partial charge in [-0.25, -0.2) is 0 Å². The highest BCUT2D eigenvalue weighted by atomic mass is 16.7. The molecule has 2 atom stereocenters. The van der Waals surface area contributed by atoms with Crippen molar-refractivity contribution in [1.82, 2.24) is 0 Å². The number of methoxy groups -OCH3 is 1. The van der Waals surface area contributed by atoms with Crippen molar-refractivity contribution in [3.8, 4) is 17.2 Å². The first-order chi connectivity index (χ1) is 13.0. The summed E-state index contributed by atoms with van der Waals surface area (Å²) in [7, 11) is 6.14. The summed E-state index contributed by atoms with van der Waals surface area (Å²) in [6.45, 7) is 1.24. The molecular weight excluding hydrogens is 342 g/mol. The average Bonchev–Trinajstić information content (AvgIpc) is 3.11. The van der Waals surface area contributed by atoms with E-state index in [4.69, 9.17) is 14.2 Å². The minimum Gasteiger partial charge on any atom is -0.492 e. The van der Waals surface area contributed by atoms with E-state index in [1.807, 2.05) is 18.2 Å². The molecule has 4 rings (SSSR count). The topological polar surface area (TPSA) is 47.9 Å². The van der Waals surface area contributed by atoms with Crippen LogP contribution in [0.2, 0.25) is 0 Å². The van der Waals surface area contributed by atoms with Gasteiger partial charge in [-0.1, -0.05) is 30.3 Å². The third-order valence-corrected chi connectivity index (χ3v) is 5.89. The first kappa shape index (κ1) is 18.1. The van der Waals surface area contributed by atoms with Gasteiger partial charge in [0, 0.05) is 12.8 Å². The van der Waals surface area contributed by atoms with E-state index in [1.54, 1.807) is 7.11 Å². The molecule has 5 heteroatoms. The Morgan fingerprint density at radius 2 is 2.00 bits per heavy atom. The number of fused-ring (bicyclic) bond motifs is 2. The Labute approximate surface area is 160 Å². The second-order valence-electron chi connectivity index (χ2n) is 8.06. The van der Waals surface area contributed by atoms with Gasteiger partial charge in [0.15, 0.2) is 11.5 Å². The number of aliphatic hydroxyl groups excluding tert-OH is 1. The highest BCUT2D eigenvalue weighted by Crippen LogP contribution is 2.51. The van der Waals surface area contributed by atoms with Crippen LogP contribution in [0.25, 0.3) is 0 Å². The Balaban J connectivity index is 1.68. The molecule has 5 nitrogen and oxygen atoms in total. The van der Waals surface area contributed by atoms with E-state index in [-0.39, 0.29) is 12.8 Å². The quantitative estimate of drug-likeness (QED) is 0.822. The SMILES string of the molecule is COc1c2c(cc3c1[C@@H](C[C@H](O)Cc1ccccc1)[N+](C)(C)CC3)OCO2. The minimum absolute atomic E-state index is 0.136. The number of likely N-dealkylation sites (N-methyl/N-ethyl adjacent to an activating group) is 1. The summed E-state index contributed by atoms with van der Waals surface area (Å²) in [5.41, 5.74) is 3.56. The predicted octanol–water partition coefficient (Wildman–Crippen LogP) is 3.09. The Hall–Kier alpha value is -2.24. The van der Waals surface area contributed by atoms with Gasteiger partial charge in [-0.3, -0.25) is 0 Å². The number of hydrogen-bond acceptors (Lipinski definition) is 4. The number of rotatable bonds is 5. The molecule has 0 bridgehead atoms. The van der Waals surface area contributed by atoms with Gasteiger partial charge in [0.25, 0.3) is 0 Å². The smallest absolute Gasteiger partial charge is 0.231 e. The van der Waals surface area contributed by atoms with Crippen LogP contribution in [0.15, 0.2) is 36.4 Å². The van der Waals surface area contributed by atoms with E-state index in [1.165, 1.54) is 5.56 Å². The molecule has 0 unspecified atom stereocenters. The Kier molecular flexibility index (Phi) is 4.74. The van der Waals surface area contributed by atoms with Gasteiger partial charge >= 0.3 is 0 Å². The zero-order chi connectivity index (χ0) is 19.0. The summed E-state index contributed by atoms with van der Waals surface area (Å²) in [6.07, 6.45) is 1.86. The molecule has 0 amide bonds. The van der Waals surface area contributed by atoms with Crippen molar-refractivity contribution in [2.45, 2.75) is 31.4 Å². The third kappa shape index (κ3) is 3.37. The molecule has 2 aromatic rings. The predicted molar refractivity (Wildman–Crippen MR) is 103 cm³/mol. The zero-order valence-electron chi connectivity index (χ0n) is 16.3. The van der Waals surface area contributed by atoms with Crippen LogP contribution in [0.4, 0.5) is 0 Å². The van der Waals surface area contributed by atoms with Crippen LogP contribution >= 0.6 is 0 Å². The first-order valence-electron chi connectivity index (χ1n) is 9.53. The van der Waals surface area contributed by atoms with Crippen molar-refractivity contribution < 1.29 is 23.8 Å². The number of benzene rings is 2. The lowest BCUT2D eigenvalue weighted by Gasteiger charge is -2.44. The maximum atomic E-state index is 10.9. The fourth-order valence-corrected chi connectivity index (χ4v) is 4.40. The molecule has 0 spiro atoms. The molecule has 0 saturated carbocycles. The number of aliphatic hydroxyl groups is 1. The molecule has 0 radical (unpaired) electrons. The van der Waals surface area contributed by atoms with Crippen molar-refractivity contribution in [3.05, 3.63) is 53.1 Å². The first-order valence-corrected chi connectivity index (χ1v) is 9.53. The zero-order valence-corrected chi connectivity index (χ0v) is 16.3. The number of hydrogen-bond donors (Lipinski definition) is 1. The summed E-state index contributed by atoms with van der Waals surface area (Å²) in [6, 6.07) is 12.4. The lowest BCUT2D eigenvalue weighted by molar-refractivity contribution is -0.924. The van der Waals surface area contributed by atoms with Crippen LogP contribution in [0, 0.1) is 0 Å². The molecular formula is C22H28NO4+. The van der Waals surface area contributed by atoms with Crippen molar-refractivity contribution in [3.63, 3.8) is 0 Å². The summed E-state index contributed by atoms with van der Waals surface area (Å²) in [5, 5.41) is 10.9. The molecule has 2 aromatic carbocycles. The van der Waals surface area contributed by atoms with E-state index in [2.05, 4.69) is 32.3 Å². The van der Waals surface area contributed by atoms with Gasteiger partial charge in [0.05, 0.1) is 39.4 Å². The Morgan fingerprint density at radius 3 is 2.74 bits per heavy atom. The van der Waals surface area contributed by atoms with Crippen LogP contribution in [-0.2, 0) is 12.8 Å². The maximum absolute atomic E-state index is 10.9.